The first-order valence-electron chi connectivity index (χ1n) is 5.76. The molecule has 0 aliphatic heterocycles. The minimum Gasteiger partial charge on any atom is -0.327 e. The standard InChI is InChI=1S/C12H25N/c1-5-9(6-2)7-11(13)10-8-12(10,3)4/h9-11H,5-8,13H2,1-4H3. The Hall–Kier alpha value is -0.0400. The summed E-state index contributed by atoms with van der Waals surface area (Å²) in [5, 5.41) is 0. The number of hydrogen-bond donors (Lipinski definition) is 1. The summed E-state index contributed by atoms with van der Waals surface area (Å²) in [6.07, 6.45) is 5.16. The molecule has 0 amide bonds. The molecule has 78 valence electrons. The molecule has 0 spiro atoms. The molecule has 0 saturated heterocycles. The van der Waals surface area contributed by atoms with Crippen molar-refractivity contribution in [3.8, 4) is 0 Å². The lowest BCUT2D eigenvalue weighted by Crippen LogP contribution is -2.27. The molecule has 1 saturated carbocycles. The third kappa shape index (κ3) is 2.70. The molecule has 0 bridgehead atoms. The van der Waals surface area contributed by atoms with Crippen molar-refractivity contribution in [1.29, 1.82) is 0 Å². The van der Waals surface area contributed by atoms with Gasteiger partial charge in [-0.2, -0.15) is 0 Å². The first-order valence-corrected chi connectivity index (χ1v) is 5.76. The molecular formula is C12H25N. The molecule has 13 heavy (non-hydrogen) atoms. The van der Waals surface area contributed by atoms with E-state index in [1.807, 2.05) is 0 Å². The van der Waals surface area contributed by atoms with Gasteiger partial charge < -0.3 is 5.73 Å². The van der Waals surface area contributed by atoms with Crippen molar-refractivity contribution in [2.75, 3.05) is 0 Å². The summed E-state index contributed by atoms with van der Waals surface area (Å²) in [4.78, 5) is 0. The van der Waals surface area contributed by atoms with Crippen molar-refractivity contribution < 1.29 is 0 Å². The van der Waals surface area contributed by atoms with Gasteiger partial charge in [-0.05, 0) is 30.1 Å². The van der Waals surface area contributed by atoms with Crippen LogP contribution in [0.1, 0.15) is 53.4 Å². The average molecular weight is 183 g/mol. The van der Waals surface area contributed by atoms with Crippen LogP contribution in [0.25, 0.3) is 0 Å². The van der Waals surface area contributed by atoms with Crippen molar-refractivity contribution >= 4 is 0 Å². The normalized spacial score (nSPS) is 27.7. The Balaban J connectivity index is 2.29. The van der Waals surface area contributed by atoms with Crippen LogP contribution in [0, 0.1) is 17.3 Å². The van der Waals surface area contributed by atoms with Gasteiger partial charge >= 0.3 is 0 Å². The maximum Gasteiger partial charge on any atom is 0.00750 e. The van der Waals surface area contributed by atoms with E-state index in [1.54, 1.807) is 0 Å². The van der Waals surface area contributed by atoms with Gasteiger partial charge in [-0.15, -0.1) is 0 Å². The van der Waals surface area contributed by atoms with Gasteiger partial charge in [-0.25, -0.2) is 0 Å². The highest BCUT2D eigenvalue weighted by atomic mass is 14.7. The van der Waals surface area contributed by atoms with Crippen LogP contribution in [0.2, 0.25) is 0 Å². The molecule has 0 aromatic rings. The van der Waals surface area contributed by atoms with Crippen molar-refractivity contribution in [3.05, 3.63) is 0 Å². The highest BCUT2D eigenvalue weighted by molar-refractivity contribution is 5.00. The van der Waals surface area contributed by atoms with Crippen LogP contribution in [-0.4, -0.2) is 6.04 Å². The lowest BCUT2D eigenvalue weighted by Gasteiger charge is -2.19. The number of nitrogens with two attached hydrogens (primary N) is 1. The Kier molecular flexibility index (Phi) is 3.39. The second-order valence-electron chi connectivity index (χ2n) is 5.38. The minimum absolute atomic E-state index is 0.458. The van der Waals surface area contributed by atoms with E-state index < -0.39 is 0 Å². The molecule has 2 unspecified atom stereocenters. The molecule has 2 N–H and O–H groups in total. The second kappa shape index (κ2) is 4.00. The quantitative estimate of drug-likeness (QED) is 0.696. The van der Waals surface area contributed by atoms with Crippen molar-refractivity contribution in [2.45, 2.75) is 59.4 Å². The SMILES string of the molecule is CCC(CC)CC(N)C1CC1(C)C. The van der Waals surface area contributed by atoms with Crippen LogP contribution in [0.3, 0.4) is 0 Å². The smallest absolute Gasteiger partial charge is 0.00750 e. The third-order valence-corrected chi connectivity index (χ3v) is 3.87. The topological polar surface area (TPSA) is 26.0 Å². The van der Waals surface area contributed by atoms with Gasteiger partial charge in [0, 0.05) is 6.04 Å². The zero-order valence-electron chi connectivity index (χ0n) is 9.64. The Bertz CT molecular complexity index is 159. The van der Waals surface area contributed by atoms with Crippen molar-refractivity contribution in [3.63, 3.8) is 0 Å². The van der Waals surface area contributed by atoms with Gasteiger partial charge in [0.25, 0.3) is 0 Å². The summed E-state index contributed by atoms with van der Waals surface area (Å²) in [6.45, 7) is 9.23. The van der Waals surface area contributed by atoms with Gasteiger partial charge in [0.05, 0.1) is 0 Å². The van der Waals surface area contributed by atoms with Gasteiger partial charge in [0.1, 0.15) is 0 Å². The molecule has 0 radical (unpaired) electrons. The molecule has 0 aromatic carbocycles. The first kappa shape index (κ1) is 11.0. The number of rotatable bonds is 5. The summed E-state index contributed by atoms with van der Waals surface area (Å²) < 4.78 is 0. The average Bonchev–Trinajstić information content (AvgIpc) is 2.70. The van der Waals surface area contributed by atoms with Crippen molar-refractivity contribution in [2.24, 2.45) is 23.0 Å². The van der Waals surface area contributed by atoms with Crippen LogP contribution in [0.5, 0.6) is 0 Å². The Labute approximate surface area is 83.1 Å². The van der Waals surface area contributed by atoms with E-state index in [0.29, 0.717) is 11.5 Å². The predicted molar refractivity (Wildman–Crippen MR) is 58.6 cm³/mol. The van der Waals surface area contributed by atoms with Crippen LogP contribution < -0.4 is 5.73 Å². The van der Waals surface area contributed by atoms with Gasteiger partial charge in [-0.3, -0.25) is 0 Å². The van der Waals surface area contributed by atoms with E-state index in [-0.39, 0.29) is 0 Å². The van der Waals surface area contributed by atoms with Gasteiger partial charge in [0.15, 0.2) is 0 Å². The Morgan fingerprint density at radius 2 is 1.77 bits per heavy atom. The van der Waals surface area contributed by atoms with Crippen molar-refractivity contribution in [1.82, 2.24) is 0 Å². The van der Waals surface area contributed by atoms with Gasteiger partial charge in [0.2, 0.25) is 0 Å². The fraction of sp³-hybridized carbons (Fsp3) is 1.00. The Morgan fingerprint density at radius 1 is 1.31 bits per heavy atom. The molecule has 0 heterocycles. The largest absolute Gasteiger partial charge is 0.327 e. The van der Waals surface area contributed by atoms with E-state index in [4.69, 9.17) is 5.73 Å². The monoisotopic (exact) mass is 183 g/mol. The molecule has 0 aromatic heterocycles. The summed E-state index contributed by atoms with van der Waals surface area (Å²) in [5.74, 6) is 1.65. The van der Waals surface area contributed by atoms with Crippen LogP contribution >= 0.6 is 0 Å². The molecule has 1 heteroatoms. The first-order chi connectivity index (χ1) is 6.01. The maximum atomic E-state index is 6.21. The molecule has 1 nitrogen and oxygen atoms in total. The molecule has 1 aliphatic rings. The fourth-order valence-electron chi connectivity index (χ4n) is 2.41. The maximum absolute atomic E-state index is 6.21. The zero-order valence-corrected chi connectivity index (χ0v) is 9.64. The lowest BCUT2D eigenvalue weighted by molar-refractivity contribution is 0.362. The van der Waals surface area contributed by atoms with Crippen LogP contribution in [0.4, 0.5) is 0 Å². The van der Waals surface area contributed by atoms with E-state index in [2.05, 4.69) is 27.7 Å². The van der Waals surface area contributed by atoms with Crippen LogP contribution in [-0.2, 0) is 0 Å². The highest BCUT2D eigenvalue weighted by Crippen LogP contribution is 2.54. The molecule has 1 fully saturated rings. The van der Waals surface area contributed by atoms with E-state index in [1.165, 1.54) is 25.7 Å². The number of hydrogen-bond acceptors (Lipinski definition) is 1. The molecule has 2 atom stereocenters. The highest BCUT2D eigenvalue weighted by Gasteiger charge is 2.48. The third-order valence-electron chi connectivity index (χ3n) is 3.87. The molecular weight excluding hydrogens is 158 g/mol. The Morgan fingerprint density at radius 3 is 2.08 bits per heavy atom. The summed E-state index contributed by atoms with van der Waals surface area (Å²) >= 11 is 0. The summed E-state index contributed by atoms with van der Waals surface area (Å²) in [7, 11) is 0. The van der Waals surface area contributed by atoms with Crippen LogP contribution in [0.15, 0.2) is 0 Å². The second-order valence-corrected chi connectivity index (χ2v) is 5.38. The molecule has 1 aliphatic carbocycles. The lowest BCUT2D eigenvalue weighted by atomic mass is 9.91. The fourth-order valence-corrected chi connectivity index (χ4v) is 2.41. The van der Waals surface area contributed by atoms with E-state index in [9.17, 15) is 0 Å². The minimum atomic E-state index is 0.458. The zero-order chi connectivity index (χ0) is 10.1. The summed E-state index contributed by atoms with van der Waals surface area (Å²) in [6, 6.07) is 0.458. The van der Waals surface area contributed by atoms with E-state index in [0.717, 1.165) is 11.8 Å². The molecule has 1 rings (SSSR count). The predicted octanol–water partition coefficient (Wildman–Crippen LogP) is 3.19. The van der Waals surface area contributed by atoms with Gasteiger partial charge in [-0.1, -0.05) is 40.5 Å². The van der Waals surface area contributed by atoms with E-state index >= 15 is 0 Å². The summed E-state index contributed by atoms with van der Waals surface area (Å²) in [5.41, 5.74) is 6.75.